The van der Waals surface area contributed by atoms with Gasteiger partial charge in [-0.05, 0) is 50.6 Å². The lowest BCUT2D eigenvalue weighted by Crippen LogP contribution is -2.56. The Bertz CT molecular complexity index is 1180. The van der Waals surface area contributed by atoms with E-state index in [9.17, 15) is 14.4 Å². The van der Waals surface area contributed by atoms with Crippen LogP contribution in [0.25, 0.3) is 0 Å². The highest BCUT2D eigenvalue weighted by atomic mass is 35.5. The Morgan fingerprint density at radius 2 is 1.75 bits per heavy atom. The molecule has 4 aliphatic rings. The van der Waals surface area contributed by atoms with Gasteiger partial charge < -0.3 is 4.90 Å². The number of carbonyl (C=O) groups excluding carboxylic acids is 3. The average molecular weight is 470 g/mol. The summed E-state index contributed by atoms with van der Waals surface area (Å²) in [5, 5.41) is 0.698. The van der Waals surface area contributed by atoms with Crippen molar-refractivity contribution in [3.8, 4) is 0 Å². The molecule has 4 atom stereocenters. The number of hydrogen-bond donors (Lipinski definition) is 0. The van der Waals surface area contributed by atoms with E-state index < -0.39 is 17.4 Å². The molecule has 0 unspecified atom stereocenters. The van der Waals surface area contributed by atoms with Crippen molar-refractivity contribution in [2.24, 2.45) is 11.8 Å². The molecule has 0 bridgehead atoms. The first-order chi connectivity index (χ1) is 15.4. The second kappa shape index (κ2) is 6.80. The topological polar surface area (TPSA) is 60.9 Å². The van der Waals surface area contributed by atoms with Gasteiger partial charge in [-0.15, -0.1) is 0 Å². The fourth-order valence-electron chi connectivity index (χ4n) is 6.58. The molecule has 3 saturated heterocycles. The first-order valence-corrected chi connectivity index (χ1v) is 11.7. The minimum Gasteiger partial charge on any atom is -0.310 e. The van der Waals surface area contributed by atoms with Gasteiger partial charge in [0, 0.05) is 33.9 Å². The van der Waals surface area contributed by atoms with Gasteiger partial charge in [-0.1, -0.05) is 41.4 Å². The highest BCUT2D eigenvalue weighted by molar-refractivity contribution is 6.36. The molecule has 6 rings (SSSR count). The molecule has 3 fully saturated rings. The Balaban J connectivity index is 1.57. The monoisotopic (exact) mass is 469 g/mol. The number of halogens is 2. The van der Waals surface area contributed by atoms with Gasteiger partial charge in [0.15, 0.2) is 0 Å². The minimum atomic E-state index is -1.15. The van der Waals surface area contributed by atoms with Crippen LogP contribution in [0.4, 0.5) is 11.4 Å². The van der Waals surface area contributed by atoms with Crippen molar-refractivity contribution >= 4 is 52.3 Å². The normalized spacial score (nSPS) is 31.1. The zero-order valence-corrected chi connectivity index (χ0v) is 18.9. The van der Waals surface area contributed by atoms with Gasteiger partial charge >= 0.3 is 0 Å². The van der Waals surface area contributed by atoms with Gasteiger partial charge in [0.05, 0.1) is 17.5 Å². The number of benzene rings is 2. The van der Waals surface area contributed by atoms with E-state index in [0.29, 0.717) is 28.8 Å². The highest BCUT2D eigenvalue weighted by Gasteiger charge is 2.75. The van der Waals surface area contributed by atoms with Crippen molar-refractivity contribution in [3.63, 3.8) is 0 Å². The lowest BCUT2D eigenvalue weighted by atomic mass is 9.75. The third-order valence-electron chi connectivity index (χ3n) is 7.57. The lowest BCUT2D eigenvalue weighted by molar-refractivity contribution is -0.137. The van der Waals surface area contributed by atoms with E-state index in [-0.39, 0.29) is 23.8 Å². The molecule has 4 heterocycles. The smallest absolute Gasteiger partial charge is 0.253 e. The van der Waals surface area contributed by atoms with Crippen molar-refractivity contribution in [2.75, 3.05) is 22.9 Å². The first kappa shape index (κ1) is 20.2. The number of imide groups is 1. The van der Waals surface area contributed by atoms with Gasteiger partial charge in [0.1, 0.15) is 5.54 Å². The first-order valence-electron chi connectivity index (χ1n) is 10.9. The number of para-hydroxylation sites is 1. The van der Waals surface area contributed by atoms with E-state index in [1.807, 2.05) is 31.2 Å². The maximum atomic E-state index is 14.1. The fourth-order valence-corrected chi connectivity index (χ4v) is 7.09. The molecule has 0 saturated carbocycles. The summed E-state index contributed by atoms with van der Waals surface area (Å²) in [6.07, 6.45) is 1.68. The Labute approximate surface area is 195 Å². The van der Waals surface area contributed by atoms with Gasteiger partial charge in [-0.3, -0.25) is 19.3 Å². The summed E-state index contributed by atoms with van der Waals surface area (Å²) in [7, 11) is 0. The summed E-state index contributed by atoms with van der Waals surface area (Å²) >= 11 is 12.4. The van der Waals surface area contributed by atoms with Crippen LogP contribution in [-0.2, 0) is 19.9 Å². The predicted molar refractivity (Wildman–Crippen MR) is 122 cm³/mol. The molecule has 2 aromatic rings. The second-order valence-corrected chi connectivity index (χ2v) is 9.75. The van der Waals surface area contributed by atoms with E-state index in [1.165, 1.54) is 4.90 Å². The maximum Gasteiger partial charge on any atom is 0.253 e. The van der Waals surface area contributed by atoms with Gasteiger partial charge in [-0.2, -0.15) is 0 Å². The largest absolute Gasteiger partial charge is 0.310 e. The zero-order valence-electron chi connectivity index (χ0n) is 17.4. The Kier molecular flexibility index (Phi) is 4.29. The second-order valence-electron chi connectivity index (χ2n) is 8.88. The molecule has 0 radical (unpaired) electrons. The van der Waals surface area contributed by atoms with Crippen LogP contribution in [0, 0.1) is 11.8 Å². The molecule has 8 heteroatoms. The lowest BCUT2D eigenvalue weighted by Gasteiger charge is -2.37. The molecule has 164 valence electrons. The summed E-state index contributed by atoms with van der Waals surface area (Å²) < 4.78 is 0. The predicted octanol–water partition coefficient (Wildman–Crippen LogP) is 3.84. The van der Waals surface area contributed by atoms with Gasteiger partial charge in [0.2, 0.25) is 11.8 Å². The van der Waals surface area contributed by atoms with E-state index in [2.05, 4.69) is 4.90 Å². The van der Waals surface area contributed by atoms with E-state index in [1.54, 1.807) is 23.1 Å². The summed E-state index contributed by atoms with van der Waals surface area (Å²) in [6.45, 7) is 3.13. The van der Waals surface area contributed by atoms with Crippen LogP contribution in [0.3, 0.4) is 0 Å². The van der Waals surface area contributed by atoms with E-state index in [0.717, 1.165) is 24.1 Å². The van der Waals surface area contributed by atoms with Crippen LogP contribution < -0.4 is 9.80 Å². The minimum absolute atomic E-state index is 0.104. The molecule has 1 spiro atoms. The van der Waals surface area contributed by atoms with Crippen LogP contribution in [0.1, 0.15) is 25.3 Å². The van der Waals surface area contributed by atoms with Crippen LogP contribution in [0.2, 0.25) is 10.0 Å². The average Bonchev–Trinajstić information content (AvgIpc) is 3.45. The number of hydrogen-bond acceptors (Lipinski definition) is 4. The Morgan fingerprint density at radius 3 is 2.47 bits per heavy atom. The molecule has 0 N–H and O–H groups in total. The molecule has 0 aromatic heterocycles. The fraction of sp³-hybridized carbons (Fsp3) is 0.375. The molecule has 0 aliphatic carbocycles. The van der Waals surface area contributed by atoms with Crippen LogP contribution in [0.15, 0.2) is 42.5 Å². The van der Waals surface area contributed by atoms with Gasteiger partial charge in [-0.25, -0.2) is 4.90 Å². The van der Waals surface area contributed by atoms with Crippen molar-refractivity contribution < 1.29 is 14.4 Å². The van der Waals surface area contributed by atoms with Crippen molar-refractivity contribution in [1.29, 1.82) is 0 Å². The quantitative estimate of drug-likeness (QED) is 0.626. The zero-order chi connectivity index (χ0) is 22.4. The maximum absolute atomic E-state index is 14.1. The number of anilines is 2. The van der Waals surface area contributed by atoms with Crippen LogP contribution in [0.5, 0.6) is 0 Å². The Morgan fingerprint density at radius 1 is 1.03 bits per heavy atom. The third-order valence-corrected chi connectivity index (χ3v) is 8.00. The van der Waals surface area contributed by atoms with Crippen LogP contribution >= 0.6 is 23.2 Å². The number of likely N-dealkylation sites (N-methyl/N-ethyl adjacent to an activating group) is 1. The Hall–Kier alpha value is -2.41. The molecular formula is C24H21Cl2N3O3. The summed E-state index contributed by atoms with van der Waals surface area (Å²) in [4.78, 5) is 46.9. The van der Waals surface area contributed by atoms with E-state index in [4.69, 9.17) is 23.2 Å². The summed E-state index contributed by atoms with van der Waals surface area (Å²) in [5.74, 6) is -2.08. The summed E-state index contributed by atoms with van der Waals surface area (Å²) in [5.41, 5.74) is 0.870. The summed E-state index contributed by atoms with van der Waals surface area (Å²) in [6, 6.07) is 12.2. The number of rotatable bonds is 2. The molecular weight excluding hydrogens is 449 g/mol. The van der Waals surface area contributed by atoms with Gasteiger partial charge in [0.25, 0.3) is 5.91 Å². The number of fused-ring (bicyclic) bond motifs is 7. The molecule has 32 heavy (non-hydrogen) atoms. The van der Waals surface area contributed by atoms with Crippen LogP contribution in [-0.4, -0.2) is 41.8 Å². The molecule has 3 amide bonds. The number of amides is 3. The highest BCUT2D eigenvalue weighted by Crippen LogP contribution is 2.61. The number of carbonyl (C=O) groups is 3. The molecule has 6 nitrogen and oxygen atoms in total. The number of nitrogens with zero attached hydrogens (tertiary/aromatic N) is 3. The standard InChI is InChI=1S/C24H21Cl2N3O3/c1-2-27-17-7-4-3-6-16(17)24(23(27)32)20-19(18-8-5-9-28(18)24)21(30)29(22(20)31)15-11-13(25)10-14(26)12-15/h3-4,6-7,10-12,18-20H,2,5,8-9H2,1H3/t18-,19-,20-,24-/m0/s1. The van der Waals surface area contributed by atoms with Crippen molar-refractivity contribution in [1.82, 2.24) is 4.90 Å². The SMILES string of the molecule is CCN1C(=O)[C@]2(c3ccccc31)[C@@H]1C(=O)N(c3cc(Cl)cc(Cl)c3)C(=O)[C@H]1[C@@H]1CCCN12. The molecule has 4 aliphatic heterocycles. The van der Waals surface area contributed by atoms with E-state index >= 15 is 0 Å². The third kappa shape index (κ3) is 2.28. The molecule has 2 aromatic carbocycles. The van der Waals surface area contributed by atoms with Crippen molar-refractivity contribution in [3.05, 3.63) is 58.1 Å². The van der Waals surface area contributed by atoms with Crippen molar-refractivity contribution in [2.45, 2.75) is 31.3 Å².